The van der Waals surface area contributed by atoms with Crippen LogP contribution in [-0.2, 0) is 11.3 Å². The maximum atomic E-state index is 12.0. The summed E-state index contributed by atoms with van der Waals surface area (Å²) in [6.07, 6.45) is 3.12. The summed E-state index contributed by atoms with van der Waals surface area (Å²) in [4.78, 5) is 26.0. The number of carbonyl (C=O) groups excluding carboxylic acids is 1. The number of hydrogen-bond acceptors (Lipinski definition) is 4. The summed E-state index contributed by atoms with van der Waals surface area (Å²) in [7, 11) is 0. The molecule has 2 aliphatic heterocycles. The molecule has 2 saturated heterocycles. The van der Waals surface area contributed by atoms with E-state index >= 15 is 0 Å². The second-order valence-corrected chi connectivity index (χ2v) is 6.12. The molecule has 0 radical (unpaired) electrons. The van der Waals surface area contributed by atoms with Crippen molar-refractivity contribution in [1.82, 2.24) is 20.0 Å². The predicted octanol–water partition coefficient (Wildman–Crippen LogP) is 0.152. The van der Waals surface area contributed by atoms with Gasteiger partial charge in [-0.25, -0.2) is 4.68 Å². The minimum absolute atomic E-state index is 0.0194. The second kappa shape index (κ2) is 5.97. The quantitative estimate of drug-likeness (QED) is 0.860. The average molecular weight is 290 g/mol. The lowest BCUT2D eigenvalue weighted by Gasteiger charge is -2.43. The van der Waals surface area contributed by atoms with Crippen molar-refractivity contribution in [2.24, 2.45) is 5.92 Å². The highest BCUT2D eigenvalue weighted by Gasteiger charge is 2.36. The minimum Gasteiger partial charge on any atom is -0.355 e. The Labute approximate surface area is 124 Å². The van der Waals surface area contributed by atoms with Crippen LogP contribution >= 0.6 is 0 Å². The van der Waals surface area contributed by atoms with Crippen LogP contribution in [0.2, 0.25) is 0 Å². The van der Waals surface area contributed by atoms with Gasteiger partial charge in [-0.2, -0.15) is 5.10 Å². The van der Waals surface area contributed by atoms with E-state index in [9.17, 15) is 9.59 Å². The third-order valence-corrected chi connectivity index (χ3v) is 4.36. The maximum Gasteiger partial charge on any atom is 0.266 e. The average Bonchev–Trinajstić information content (AvgIpc) is 2.62. The summed E-state index contributed by atoms with van der Waals surface area (Å²) in [5.41, 5.74) is 0.806. The van der Waals surface area contributed by atoms with E-state index in [0.29, 0.717) is 12.5 Å². The predicted molar refractivity (Wildman–Crippen MR) is 78.9 cm³/mol. The molecule has 0 aromatic carbocycles. The Balaban J connectivity index is 1.57. The number of aryl methyl sites for hydroxylation is 1. The van der Waals surface area contributed by atoms with Crippen LogP contribution in [0.5, 0.6) is 0 Å². The van der Waals surface area contributed by atoms with Crippen LogP contribution in [0.1, 0.15) is 25.0 Å². The standard InChI is InChI=1S/C15H22N4O2/c1-11-5-6-14(20)19(17-11)10-12-8-18(9-12)13-4-2-3-7-16-15(13)21/h5-6,12-13H,2-4,7-10H2,1H3,(H,16,21). The molecular weight excluding hydrogens is 268 g/mol. The Hall–Kier alpha value is -1.69. The van der Waals surface area contributed by atoms with Gasteiger partial charge in [-0.05, 0) is 32.3 Å². The summed E-state index contributed by atoms with van der Waals surface area (Å²) in [6.45, 7) is 5.08. The Bertz CT molecular complexity index is 577. The van der Waals surface area contributed by atoms with Gasteiger partial charge in [0.05, 0.1) is 18.3 Å². The van der Waals surface area contributed by atoms with E-state index in [0.717, 1.165) is 44.6 Å². The molecule has 21 heavy (non-hydrogen) atoms. The molecule has 1 unspecified atom stereocenters. The molecular formula is C15H22N4O2. The molecule has 2 aliphatic rings. The molecule has 3 rings (SSSR count). The van der Waals surface area contributed by atoms with Crippen LogP contribution in [0.15, 0.2) is 16.9 Å². The first-order valence-electron chi connectivity index (χ1n) is 7.70. The van der Waals surface area contributed by atoms with Gasteiger partial charge in [0.1, 0.15) is 0 Å². The Morgan fingerprint density at radius 1 is 1.29 bits per heavy atom. The molecule has 1 aromatic rings. The molecule has 0 aliphatic carbocycles. The number of nitrogens with one attached hydrogen (secondary N) is 1. The Morgan fingerprint density at radius 2 is 2.10 bits per heavy atom. The van der Waals surface area contributed by atoms with Crippen LogP contribution in [0.25, 0.3) is 0 Å². The highest BCUT2D eigenvalue weighted by molar-refractivity contribution is 5.82. The van der Waals surface area contributed by atoms with Gasteiger partial charge >= 0.3 is 0 Å². The third kappa shape index (κ3) is 3.15. The largest absolute Gasteiger partial charge is 0.355 e. The lowest BCUT2D eigenvalue weighted by Crippen LogP contribution is -2.58. The summed E-state index contributed by atoms with van der Waals surface area (Å²) >= 11 is 0. The number of aromatic nitrogens is 2. The van der Waals surface area contributed by atoms with Gasteiger partial charge in [0.25, 0.3) is 5.56 Å². The molecule has 2 fully saturated rings. The number of amides is 1. The van der Waals surface area contributed by atoms with E-state index in [-0.39, 0.29) is 17.5 Å². The molecule has 0 bridgehead atoms. The highest BCUT2D eigenvalue weighted by atomic mass is 16.2. The Kier molecular flexibility index (Phi) is 4.05. The van der Waals surface area contributed by atoms with Crippen molar-refractivity contribution in [3.05, 3.63) is 28.2 Å². The zero-order chi connectivity index (χ0) is 14.8. The zero-order valence-electron chi connectivity index (χ0n) is 12.4. The van der Waals surface area contributed by atoms with Crippen molar-refractivity contribution in [1.29, 1.82) is 0 Å². The van der Waals surface area contributed by atoms with Gasteiger partial charge in [-0.15, -0.1) is 0 Å². The fourth-order valence-electron chi connectivity index (χ4n) is 3.18. The van der Waals surface area contributed by atoms with Gasteiger partial charge in [0.2, 0.25) is 5.91 Å². The van der Waals surface area contributed by atoms with Gasteiger partial charge in [-0.3, -0.25) is 14.5 Å². The van der Waals surface area contributed by atoms with E-state index in [1.54, 1.807) is 16.8 Å². The summed E-state index contributed by atoms with van der Waals surface area (Å²) in [6, 6.07) is 3.32. The summed E-state index contributed by atoms with van der Waals surface area (Å²) in [5, 5.41) is 7.25. The van der Waals surface area contributed by atoms with Crippen LogP contribution in [0.4, 0.5) is 0 Å². The van der Waals surface area contributed by atoms with E-state index in [2.05, 4.69) is 15.3 Å². The highest BCUT2D eigenvalue weighted by Crippen LogP contribution is 2.23. The molecule has 0 spiro atoms. The number of nitrogens with zero attached hydrogens (tertiary/aromatic N) is 3. The molecule has 114 valence electrons. The second-order valence-electron chi connectivity index (χ2n) is 6.12. The molecule has 0 saturated carbocycles. The van der Waals surface area contributed by atoms with E-state index in [4.69, 9.17) is 0 Å². The lowest BCUT2D eigenvalue weighted by atomic mass is 9.95. The monoisotopic (exact) mass is 290 g/mol. The van der Waals surface area contributed by atoms with Gasteiger partial charge in [0, 0.05) is 31.6 Å². The van der Waals surface area contributed by atoms with Crippen LogP contribution in [-0.4, -0.2) is 46.3 Å². The topological polar surface area (TPSA) is 67.2 Å². The molecule has 6 heteroatoms. The summed E-state index contributed by atoms with van der Waals surface area (Å²) in [5.74, 6) is 0.574. The van der Waals surface area contributed by atoms with Crippen molar-refractivity contribution in [2.45, 2.75) is 38.8 Å². The van der Waals surface area contributed by atoms with Gasteiger partial charge in [-0.1, -0.05) is 0 Å². The number of carbonyl (C=O) groups is 1. The fraction of sp³-hybridized carbons (Fsp3) is 0.667. The molecule has 1 N–H and O–H groups in total. The zero-order valence-corrected chi connectivity index (χ0v) is 12.4. The first kappa shape index (κ1) is 14.3. The number of likely N-dealkylation sites (tertiary alicyclic amines) is 1. The first-order valence-corrected chi connectivity index (χ1v) is 7.70. The van der Waals surface area contributed by atoms with E-state index < -0.39 is 0 Å². The number of hydrogen-bond donors (Lipinski definition) is 1. The molecule has 1 aromatic heterocycles. The van der Waals surface area contributed by atoms with Crippen molar-refractivity contribution in [3.8, 4) is 0 Å². The van der Waals surface area contributed by atoms with Crippen molar-refractivity contribution in [3.63, 3.8) is 0 Å². The fourth-order valence-corrected chi connectivity index (χ4v) is 3.18. The lowest BCUT2D eigenvalue weighted by molar-refractivity contribution is -0.129. The van der Waals surface area contributed by atoms with E-state index in [1.165, 1.54) is 0 Å². The van der Waals surface area contributed by atoms with Crippen LogP contribution < -0.4 is 10.9 Å². The molecule has 6 nitrogen and oxygen atoms in total. The van der Waals surface area contributed by atoms with Crippen molar-refractivity contribution >= 4 is 5.91 Å². The Morgan fingerprint density at radius 3 is 2.90 bits per heavy atom. The van der Waals surface area contributed by atoms with E-state index in [1.807, 2.05) is 6.92 Å². The maximum absolute atomic E-state index is 12.0. The normalized spacial score (nSPS) is 24.2. The molecule has 1 amide bonds. The first-order chi connectivity index (χ1) is 10.1. The molecule has 1 atom stereocenters. The third-order valence-electron chi connectivity index (χ3n) is 4.36. The minimum atomic E-state index is -0.0498. The SMILES string of the molecule is Cc1ccc(=O)n(CC2CN(C3CCCCNC3=O)C2)n1. The van der Waals surface area contributed by atoms with Crippen LogP contribution in [0, 0.1) is 12.8 Å². The molecule has 3 heterocycles. The van der Waals surface area contributed by atoms with Crippen molar-refractivity contribution in [2.75, 3.05) is 19.6 Å². The van der Waals surface area contributed by atoms with Crippen molar-refractivity contribution < 1.29 is 4.79 Å². The smallest absolute Gasteiger partial charge is 0.266 e. The van der Waals surface area contributed by atoms with Gasteiger partial charge in [0.15, 0.2) is 0 Å². The van der Waals surface area contributed by atoms with Crippen LogP contribution in [0.3, 0.4) is 0 Å². The number of rotatable bonds is 3. The van der Waals surface area contributed by atoms with Gasteiger partial charge < -0.3 is 5.32 Å². The summed E-state index contributed by atoms with van der Waals surface area (Å²) < 4.78 is 1.55.